The normalized spacial score (nSPS) is 30.6. The summed E-state index contributed by atoms with van der Waals surface area (Å²) in [5, 5.41) is 45.1. The summed E-state index contributed by atoms with van der Waals surface area (Å²) in [6.07, 6.45) is -1.47. The van der Waals surface area contributed by atoms with Gasteiger partial charge in [0.05, 0.1) is 23.1 Å². The molecule has 1 aromatic carbocycles. The molecule has 6 N–H and O–H groups in total. The van der Waals surface area contributed by atoms with Crippen LogP contribution in [0.25, 0.3) is 0 Å². The lowest BCUT2D eigenvalue weighted by molar-refractivity contribution is -0.179. The molecule has 0 aromatic heterocycles. The molecule has 0 spiro atoms. The van der Waals surface area contributed by atoms with Crippen molar-refractivity contribution < 1.29 is 49.1 Å². The van der Waals surface area contributed by atoms with Crippen molar-refractivity contribution in [3.63, 3.8) is 0 Å². The number of likely N-dealkylation sites (N-methyl/N-ethyl adjacent to an activating group) is 1. The number of phenolic OH excluding ortho intramolecular Hbond substituents is 1. The molecule has 0 fully saturated rings. The predicted octanol–water partition coefficient (Wildman–Crippen LogP) is 0.426. The standard InChI is InChI=1S/C26H28N2O10/c1-8-11-6-7-12(9(2)29)19(31)14(11)20(32)15-13(8)22(38-10(3)30)17-18(28(4)5)21(33)16(25(27)36)24(35)26(17,37)23(15)34/h6-8,13,17-18,22,31,33-34,37H,1-5H3,(H2,27,36)/t8-,13+,17+,18-,22-,26-/m0/s1. The molecule has 1 amide bonds. The van der Waals surface area contributed by atoms with Crippen LogP contribution in [0.2, 0.25) is 0 Å². The number of primary amides is 1. The summed E-state index contributed by atoms with van der Waals surface area (Å²) in [7, 11) is 2.92. The summed E-state index contributed by atoms with van der Waals surface area (Å²) in [5.74, 6) is -11.3. The van der Waals surface area contributed by atoms with Gasteiger partial charge in [-0.2, -0.15) is 0 Å². The Labute approximate surface area is 217 Å². The van der Waals surface area contributed by atoms with Crippen molar-refractivity contribution in [3.8, 4) is 5.75 Å². The van der Waals surface area contributed by atoms with Gasteiger partial charge in [0, 0.05) is 18.4 Å². The van der Waals surface area contributed by atoms with Gasteiger partial charge in [-0.3, -0.25) is 28.9 Å². The van der Waals surface area contributed by atoms with Gasteiger partial charge in [0.2, 0.25) is 5.78 Å². The number of Topliss-reactive ketones (excluding diaryl/α,β-unsaturated/α-hetero) is 3. The number of phenols is 1. The summed E-state index contributed by atoms with van der Waals surface area (Å²) in [4.78, 5) is 65.2. The lowest BCUT2D eigenvalue weighted by Gasteiger charge is -2.54. The molecule has 0 saturated carbocycles. The molecule has 12 heteroatoms. The van der Waals surface area contributed by atoms with Crippen LogP contribution in [0, 0.1) is 11.8 Å². The zero-order valence-electron chi connectivity index (χ0n) is 21.3. The Bertz CT molecular complexity index is 1390. The highest BCUT2D eigenvalue weighted by molar-refractivity contribution is 6.25. The number of carbonyl (C=O) groups is 5. The van der Waals surface area contributed by atoms with Gasteiger partial charge >= 0.3 is 5.97 Å². The fourth-order valence-corrected chi connectivity index (χ4v) is 6.21. The average Bonchev–Trinajstić information content (AvgIpc) is 2.80. The number of aromatic hydroxyl groups is 1. The summed E-state index contributed by atoms with van der Waals surface area (Å²) in [5.41, 5.74) is 0.631. The van der Waals surface area contributed by atoms with E-state index in [0.29, 0.717) is 0 Å². The second-order valence-corrected chi connectivity index (χ2v) is 10.1. The number of fused-ring (bicyclic) bond motifs is 3. The van der Waals surface area contributed by atoms with Gasteiger partial charge in [0.1, 0.15) is 28.9 Å². The van der Waals surface area contributed by atoms with Gasteiger partial charge in [0.25, 0.3) is 5.91 Å². The van der Waals surface area contributed by atoms with Crippen molar-refractivity contribution in [2.75, 3.05) is 14.1 Å². The molecule has 0 bridgehead atoms. The molecule has 3 aliphatic carbocycles. The average molecular weight is 529 g/mol. The first-order valence-corrected chi connectivity index (χ1v) is 11.8. The van der Waals surface area contributed by atoms with E-state index in [0.717, 1.165) is 6.92 Å². The smallest absolute Gasteiger partial charge is 0.302 e. The molecule has 0 aliphatic heterocycles. The van der Waals surface area contributed by atoms with E-state index < -0.39 is 93.1 Å². The molecule has 1 aromatic rings. The zero-order chi connectivity index (χ0) is 28.6. The number of hydrogen-bond acceptors (Lipinski definition) is 11. The molecule has 12 nitrogen and oxygen atoms in total. The van der Waals surface area contributed by atoms with Gasteiger partial charge in [0.15, 0.2) is 17.2 Å². The maximum absolute atomic E-state index is 13.8. The van der Waals surface area contributed by atoms with Crippen LogP contribution in [-0.2, 0) is 19.1 Å². The first-order valence-electron chi connectivity index (χ1n) is 11.8. The molecule has 0 radical (unpaired) electrons. The number of nitrogens with zero attached hydrogens (tertiary/aromatic N) is 1. The highest BCUT2D eigenvalue weighted by atomic mass is 16.5. The number of nitrogens with two attached hydrogens (primary N) is 1. The van der Waals surface area contributed by atoms with Crippen LogP contribution in [-0.4, -0.2) is 86.4 Å². The molecular weight excluding hydrogens is 500 g/mol. The maximum Gasteiger partial charge on any atom is 0.302 e. The minimum Gasteiger partial charge on any atom is -0.510 e. The third kappa shape index (κ3) is 3.40. The number of ketones is 3. The minimum absolute atomic E-state index is 0.156. The minimum atomic E-state index is -3.02. The highest BCUT2D eigenvalue weighted by Gasteiger charge is 2.68. The van der Waals surface area contributed by atoms with Crippen LogP contribution < -0.4 is 5.73 Å². The Morgan fingerprint density at radius 1 is 1.08 bits per heavy atom. The second-order valence-electron chi connectivity index (χ2n) is 10.1. The van der Waals surface area contributed by atoms with Crippen LogP contribution in [0.1, 0.15) is 53.0 Å². The Kier molecular flexibility index (Phi) is 6.24. The van der Waals surface area contributed by atoms with Crippen molar-refractivity contribution in [1.82, 2.24) is 4.90 Å². The molecule has 0 saturated heterocycles. The first-order chi connectivity index (χ1) is 17.6. The number of amides is 1. The van der Waals surface area contributed by atoms with Crippen LogP contribution >= 0.6 is 0 Å². The fourth-order valence-electron chi connectivity index (χ4n) is 6.21. The van der Waals surface area contributed by atoms with E-state index >= 15 is 0 Å². The topological polar surface area (TPSA) is 205 Å². The fraction of sp³-hybridized carbons (Fsp3) is 0.423. The molecule has 202 valence electrons. The van der Waals surface area contributed by atoms with Gasteiger partial charge in [-0.05, 0) is 38.6 Å². The molecular formula is C26H28N2O10. The summed E-state index contributed by atoms with van der Waals surface area (Å²) in [6, 6.07) is 1.45. The number of ether oxygens (including phenoxy) is 1. The van der Waals surface area contributed by atoms with Crippen molar-refractivity contribution in [2.24, 2.45) is 17.6 Å². The van der Waals surface area contributed by atoms with E-state index in [1.54, 1.807) is 6.92 Å². The lowest BCUT2D eigenvalue weighted by atomic mass is 9.55. The molecule has 0 heterocycles. The lowest BCUT2D eigenvalue weighted by Crippen LogP contribution is -2.69. The zero-order valence-corrected chi connectivity index (χ0v) is 21.3. The Morgan fingerprint density at radius 2 is 1.68 bits per heavy atom. The largest absolute Gasteiger partial charge is 0.510 e. The van der Waals surface area contributed by atoms with E-state index in [1.807, 2.05) is 0 Å². The number of carbonyl (C=O) groups excluding carboxylic acids is 5. The number of aliphatic hydroxyl groups is 3. The third-order valence-electron chi connectivity index (χ3n) is 7.78. The number of benzene rings is 1. The van der Waals surface area contributed by atoms with Gasteiger partial charge in [-0.1, -0.05) is 13.0 Å². The van der Waals surface area contributed by atoms with Crippen LogP contribution in [0.5, 0.6) is 5.75 Å². The van der Waals surface area contributed by atoms with Crippen molar-refractivity contribution in [1.29, 1.82) is 0 Å². The van der Waals surface area contributed by atoms with Crippen LogP contribution in [0.3, 0.4) is 0 Å². The van der Waals surface area contributed by atoms with Crippen molar-refractivity contribution in [3.05, 3.63) is 51.5 Å². The second kappa shape index (κ2) is 8.77. The summed E-state index contributed by atoms with van der Waals surface area (Å²) < 4.78 is 5.60. The van der Waals surface area contributed by atoms with E-state index in [-0.39, 0.29) is 16.7 Å². The Morgan fingerprint density at radius 3 is 2.18 bits per heavy atom. The Hall–Kier alpha value is -4.03. The van der Waals surface area contributed by atoms with E-state index in [1.165, 1.54) is 38.1 Å². The molecule has 3 aliphatic rings. The maximum atomic E-state index is 13.8. The number of esters is 1. The SMILES string of the molecule is CC(=O)O[C@H]1[C@H]2C(=C(O)[C@]3(O)C(=O)C(C(N)=O)=C(O)[C@@H](N(C)C)[C@H]13)C(=O)c1c(ccc(C(C)=O)c1O)[C@@H]2C. The molecule has 0 unspecified atom stereocenters. The summed E-state index contributed by atoms with van der Waals surface area (Å²) in [6.45, 7) is 3.89. The number of rotatable bonds is 4. The van der Waals surface area contributed by atoms with Crippen molar-refractivity contribution >= 4 is 29.2 Å². The van der Waals surface area contributed by atoms with Gasteiger partial charge in [-0.25, -0.2) is 0 Å². The third-order valence-corrected chi connectivity index (χ3v) is 7.78. The first kappa shape index (κ1) is 27.0. The molecule has 6 atom stereocenters. The molecule has 38 heavy (non-hydrogen) atoms. The van der Waals surface area contributed by atoms with Gasteiger partial charge < -0.3 is 30.9 Å². The monoisotopic (exact) mass is 528 g/mol. The van der Waals surface area contributed by atoms with E-state index in [4.69, 9.17) is 10.5 Å². The predicted molar refractivity (Wildman–Crippen MR) is 129 cm³/mol. The van der Waals surface area contributed by atoms with E-state index in [9.17, 15) is 44.4 Å². The number of hydrogen-bond donors (Lipinski definition) is 5. The number of aliphatic hydroxyl groups excluding tert-OH is 2. The highest BCUT2D eigenvalue weighted by Crippen LogP contribution is 2.56. The van der Waals surface area contributed by atoms with Crippen LogP contribution in [0.4, 0.5) is 0 Å². The van der Waals surface area contributed by atoms with Crippen molar-refractivity contribution in [2.45, 2.75) is 44.4 Å². The summed E-state index contributed by atoms with van der Waals surface area (Å²) >= 11 is 0. The quantitative estimate of drug-likeness (QED) is 0.206. The molecule has 4 rings (SSSR count). The van der Waals surface area contributed by atoms with Crippen LogP contribution in [0.15, 0.2) is 34.8 Å². The van der Waals surface area contributed by atoms with Gasteiger partial charge in [-0.15, -0.1) is 0 Å². The Balaban J connectivity index is 2.12. The van der Waals surface area contributed by atoms with E-state index in [2.05, 4.69) is 0 Å².